The van der Waals surface area contributed by atoms with Gasteiger partial charge in [-0.05, 0) is 37.3 Å². The summed E-state index contributed by atoms with van der Waals surface area (Å²) >= 11 is 11.7. The Morgan fingerprint density at radius 2 is 2.05 bits per heavy atom. The molecule has 0 bridgehead atoms. The SMILES string of the molecule is Cc1ccc(C=C(C#N)C(=O)Nc2ccc(Cl)c(Cl)c2)o1. The van der Waals surface area contributed by atoms with Crippen molar-refractivity contribution in [1.29, 1.82) is 5.26 Å². The standard InChI is InChI=1S/C15H10Cl2N2O2/c1-9-2-4-12(21-9)6-10(8-18)15(20)19-11-3-5-13(16)14(17)7-11/h2-7H,1H3,(H,19,20). The van der Waals surface area contributed by atoms with E-state index < -0.39 is 5.91 Å². The lowest BCUT2D eigenvalue weighted by molar-refractivity contribution is -0.112. The smallest absolute Gasteiger partial charge is 0.266 e. The predicted molar refractivity (Wildman–Crippen MR) is 82.1 cm³/mol. The Hall–Kier alpha value is -2.22. The number of aryl methyl sites for hydroxylation is 1. The van der Waals surface area contributed by atoms with Gasteiger partial charge in [0.2, 0.25) is 0 Å². The number of furan rings is 1. The van der Waals surface area contributed by atoms with Gasteiger partial charge in [-0.2, -0.15) is 5.26 Å². The quantitative estimate of drug-likeness (QED) is 0.671. The summed E-state index contributed by atoms with van der Waals surface area (Å²) in [6.45, 7) is 1.78. The largest absolute Gasteiger partial charge is 0.462 e. The zero-order valence-electron chi connectivity index (χ0n) is 11.0. The van der Waals surface area contributed by atoms with Crippen LogP contribution in [0.15, 0.2) is 40.3 Å². The monoisotopic (exact) mass is 320 g/mol. The van der Waals surface area contributed by atoms with Crippen LogP contribution in [0.5, 0.6) is 0 Å². The number of halogens is 2. The highest BCUT2D eigenvalue weighted by Gasteiger charge is 2.11. The Labute approximate surface area is 131 Å². The van der Waals surface area contributed by atoms with Gasteiger partial charge in [0.15, 0.2) is 0 Å². The first-order valence-corrected chi connectivity index (χ1v) is 6.70. The second-order valence-corrected chi connectivity index (χ2v) is 5.02. The lowest BCUT2D eigenvalue weighted by atomic mass is 10.2. The van der Waals surface area contributed by atoms with Crippen LogP contribution in [0.3, 0.4) is 0 Å². The Bertz CT molecular complexity index is 757. The lowest BCUT2D eigenvalue weighted by Gasteiger charge is -2.05. The van der Waals surface area contributed by atoms with Crippen molar-refractivity contribution in [2.24, 2.45) is 0 Å². The van der Waals surface area contributed by atoms with Crippen LogP contribution in [0.4, 0.5) is 5.69 Å². The van der Waals surface area contributed by atoms with E-state index in [0.29, 0.717) is 27.3 Å². The number of nitriles is 1. The first-order chi connectivity index (χ1) is 9.99. The Kier molecular flexibility index (Phi) is 4.69. The van der Waals surface area contributed by atoms with Crippen molar-refractivity contribution in [3.8, 4) is 6.07 Å². The Balaban J connectivity index is 2.19. The number of rotatable bonds is 3. The summed E-state index contributed by atoms with van der Waals surface area (Å²) in [6, 6.07) is 9.93. The van der Waals surface area contributed by atoms with Gasteiger partial charge in [0.1, 0.15) is 23.2 Å². The summed E-state index contributed by atoms with van der Waals surface area (Å²) in [6.07, 6.45) is 1.37. The highest BCUT2D eigenvalue weighted by atomic mass is 35.5. The normalized spacial score (nSPS) is 11.0. The van der Waals surface area contributed by atoms with Crippen LogP contribution in [-0.2, 0) is 4.79 Å². The molecule has 0 aliphatic carbocycles. The van der Waals surface area contributed by atoms with Crippen LogP contribution in [0, 0.1) is 18.3 Å². The van der Waals surface area contributed by atoms with Gasteiger partial charge >= 0.3 is 0 Å². The van der Waals surface area contributed by atoms with Gasteiger partial charge in [0, 0.05) is 11.8 Å². The van der Waals surface area contributed by atoms with Gasteiger partial charge in [0.25, 0.3) is 5.91 Å². The van der Waals surface area contributed by atoms with E-state index in [1.165, 1.54) is 12.1 Å². The molecule has 0 atom stereocenters. The molecule has 0 saturated heterocycles. The first kappa shape index (κ1) is 15.2. The average molecular weight is 321 g/mol. The fourth-order valence-electron chi connectivity index (χ4n) is 1.59. The number of nitrogens with zero attached hydrogens (tertiary/aromatic N) is 1. The molecular formula is C15H10Cl2N2O2. The number of hydrogen-bond acceptors (Lipinski definition) is 3. The van der Waals surface area contributed by atoms with E-state index in [9.17, 15) is 4.79 Å². The number of carbonyl (C=O) groups is 1. The molecule has 2 aromatic rings. The molecule has 1 amide bonds. The number of nitrogens with one attached hydrogen (secondary N) is 1. The van der Waals surface area contributed by atoms with E-state index in [1.807, 2.05) is 6.07 Å². The van der Waals surface area contributed by atoms with E-state index in [-0.39, 0.29) is 5.57 Å². The molecule has 0 unspecified atom stereocenters. The fraction of sp³-hybridized carbons (Fsp3) is 0.0667. The van der Waals surface area contributed by atoms with Crippen LogP contribution in [-0.4, -0.2) is 5.91 Å². The van der Waals surface area contributed by atoms with Crippen LogP contribution in [0.2, 0.25) is 10.0 Å². The van der Waals surface area contributed by atoms with Crippen LogP contribution >= 0.6 is 23.2 Å². The first-order valence-electron chi connectivity index (χ1n) is 5.94. The average Bonchev–Trinajstić information content (AvgIpc) is 2.85. The molecule has 0 fully saturated rings. The number of amides is 1. The van der Waals surface area contributed by atoms with Crippen LogP contribution < -0.4 is 5.32 Å². The van der Waals surface area contributed by atoms with E-state index in [1.54, 1.807) is 31.2 Å². The maximum Gasteiger partial charge on any atom is 0.266 e. The van der Waals surface area contributed by atoms with Crippen molar-refractivity contribution in [1.82, 2.24) is 0 Å². The minimum atomic E-state index is -0.551. The van der Waals surface area contributed by atoms with Gasteiger partial charge in [-0.25, -0.2) is 0 Å². The summed E-state index contributed by atoms with van der Waals surface area (Å²) < 4.78 is 5.30. The van der Waals surface area contributed by atoms with E-state index in [4.69, 9.17) is 32.9 Å². The number of anilines is 1. The van der Waals surface area contributed by atoms with Crippen LogP contribution in [0.1, 0.15) is 11.5 Å². The summed E-state index contributed by atoms with van der Waals surface area (Å²) in [5, 5.41) is 12.4. The lowest BCUT2D eigenvalue weighted by Crippen LogP contribution is -2.13. The van der Waals surface area contributed by atoms with Crippen molar-refractivity contribution >= 4 is 40.9 Å². The number of carbonyl (C=O) groups excluding carboxylic acids is 1. The Morgan fingerprint density at radius 1 is 1.29 bits per heavy atom. The molecule has 0 spiro atoms. The third-order valence-electron chi connectivity index (χ3n) is 2.59. The maximum atomic E-state index is 12.0. The molecule has 1 aromatic carbocycles. The predicted octanol–water partition coefficient (Wildman–Crippen LogP) is 4.44. The van der Waals surface area contributed by atoms with E-state index in [2.05, 4.69) is 5.32 Å². The van der Waals surface area contributed by atoms with Crippen molar-refractivity contribution < 1.29 is 9.21 Å². The molecule has 0 saturated carbocycles. The molecule has 1 N–H and O–H groups in total. The molecule has 21 heavy (non-hydrogen) atoms. The van der Waals surface area contributed by atoms with Gasteiger partial charge in [-0.1, -0.05) is 23.2 Å². The van der Waals surface area contributed by atoms with Crippen molar-refractivity contribution in [2.75, 3.05) is 5.32 Å². The minimum Gasteiger partial charge on any atom is -0.462 e. The van der Waals surface area contributed by atoms with Crippen molar-refractivity contribution in [3.05, 3.63) is 57.5 Å². The second-order valence-electron chi connectivity index (χ2n) is 4.20. The molecule has 0 aliphatic rings. The van der Waals surface area contributed by atoms with Crippen molar-refractivity contribution in [2.45, 2.75) is 6.92 Å². The molecule has 1 aromatic heterocycles. The Morgan fingerprint density at radius 3 is 2.62 bits per heavy atom. The maximum absolute atomic E-state index is 12.0. The topological polar surface area (TPSA) is 66.0 Å². The molecule has 6 heteroatoms. The highest BCUT2D eigenvalue weighted by Crippen LogP contribution is 2.25. The zero-order chi connectivity index (χ0) is 15.4. The minimum absolute atomic E-state index is 0.0737. The van der Waals surface area contributed by atoms with Gasteiger partial charge in [-0.3, -0.25) is 4.79 Å². The van der Waals surface area contributed by atoms with Gasteiger partial charge in [-0.15, -0.1) is 0 Å². The molecule has 0 aliphatic heterocycles. The van der Waals surface area contributed by atoms with Gasteiger partial charge in [0.05, 0.1) is 10.0 Å². The highest BCUT2D eigenvalue weighted by molar-refractivity contribution is 6.42. The third kappa shape index (κ3) is 3.88. The zero-order valence-corrected chi connectivity index (χ0v) is 12.5. The number of hydrogen-bond donors (Lipinski definition) is 1. The molecule has 1 heterocycles. The van der Waals surface area contributed by atoms with Gasteiger partial charge < -0.3 is 9.73 Å². The van der Waals surface area contributed by atoms with Crippen LogP contribution in [0.25, 0.3) is 6.08 Å². The fourth-order valence-corrected chi connectivity index (χ4v) is 1.89. The second kappa shape index (κ2) is 6.49. The van der Waals surface area contributed by atoms with E-state index in [0.717, 1.165) is 0 Å². The summed E-state index contributed by atoms with van der Waals surface area (Å²) in [7, 11) is 0. The summed E-state index contributed by atoms with van der Waals surface area (Å²) in [5.74, 6) is 0.585. The molecular weight excluding hydrogens is 311 g/mol. The number of benzene rings is 1. The van der Waals surface area contributed by atoms with E-state index >= 15 is 0 Å². The third-order valence-corrected chi connectivity index (χ3v) is 3.33. The molecule has 2 rings (SSSR count). The molecule has 0 radical (unpaired) electrons. The summed E-state index contributed by atoms with van der Waals surface area (Å²) in [5.41, 5.74) is 0.376. The molecule has 4 nitrogen and oxygen atoms in total. The summed E-state index contributed by atoms with van der Waals surface area (Å²) in [4.78, 5) is 12.0. The van der Waals surface area contributed by atoms with Crippen molar-refractivity contribution in [3.63, 3.8) is 0 Å². The molecule has 106 valence electrons.